The van der Waals surface area contributed by atoms with Gasteiger partial charge in [-0.25, -0.2) is 0 Å². The van der Waals surface area contributed by atoms with Crippen LogP contribution in [0, 0.1) is 0 Å². The molecule has 0 saturated heterocycles. The molecule has 0 saturated carbocycles. The molecule has 0 amide bonds. The van der Waals surface area contributed by atoms with Crippen molar-refractivity contribution in [1.29, 1.82) is 0 Å². The Morgan fingerprint density at radius 3 is 0.664 bits per heavy atom. The van der Waals surface area contributed by atoms with Crippen LogP contribution in [0.25, 0.3) is 256 Å². The predicted octanol–water partition coefficient (Wildman–Crippen LogP) is 30.9. The lowest BCUT2D eigenvalue weighted by Crippen LogP contribution is -2.02. The lowest BCUT2D eigenvalue weighted by molar-refractivity contribution is 1.07. The quantitative estimate of drug-likeness (QED) is 0.0856. The highest BCUT2D eigenvalue weighted by Crippen LogP contribution is 2.48. The second-order valence-electron chi connectivity index (χ2n) is 35.1. The van der Waals surface area contributed by atoms with E-state index in [-0.39, 0.29) is 0 Å². The van der Waals surface area contributed by atoms with Crippen molar-refractivity contribution < 1.29 is 0 Å². The number of aromatic nitrogens is 14. The SMILES string of the molecule is c1ccc(-c2nnc(-c3ccc4ccc5c(-c6ccccn6)ccc6ccc3c4c65)n2-c2ccccc2)cc1.c1ccc(-c2nnc(-c3ccccc3)n2-c2ccc(-c3ccc4ccc5c(-c6ccc(-n7c(-c8ccccc8)nnc7-c7ccccc7)cc6)ccc6ccc3c4c65)cc2)cc1.c1ccc(-c2nnc(-c3ccccc3)n2-c2ccc3ccc4c(-c5ccccn5)ccc5ccc2c3c54)cc1. The van der Waals surface area contributed by atoms with Gasteiger partial charge in [-0.05, 0) is 187 Å². The molecule has 0 bridgehead atoms. The molecule has 14 heteroatoms. The van der Waals surface area contributed by atoms with Gasteiger partial charge in [-0.2, -0.15) is 0 Å². The van der Waals surface area contributed by atoms with Crippen molar-refractivity contribution >= 4 is 97.0 Å². The molecular weight excluding hydrogens is 1710 g/mol. The number of rotatable bonds is 16. The number of hydrogen-bond acceptors (Lipinski definition) is 10. The van der Waals surface area contributed by atoms with Gasteiger partial charge in [-0.3, -0.25) is 28.2 Å². The number of nitrogens with zero attached hydrogens (tertiary/aromatic N) is 14. The summed E-state index contributed by atoms with van der Waals surface area (Å²) in [5.41, 5.74) is 21.2. The molecule has 654 valence electrons. The summed E-state index contributed by atoms with van der Waals surface area (Å²) in [6, 6.07) is 166. The summed E-state index contributed by atoms with van der Waals surface area (Å²) in [7, 11) is 0. The normalized spacial score (nSPS) is 11.6. The summed E-state index contributed by atoms with van der Waals surface area (Å²) in [5, 5.41) is 59.7. The lowest BCUT2D eigenvalue weighted by Gasteiger charge is -2.18. The number of pyridine rings is 2. The van der Waals surface area contributed by atoms with Gasteiger partial charge in [0.15, 0.2) is 46.6 Å². The van der Waals surface area contributed by atoms with Gasteiger partial charge in [0.25, 0.3) is 0 Å². The van der Waals surface area contributed by atoms with Gasteiger partial charge in [0.1, 0.15) is 0 Å². The maximum absolute atomic E-state index is 4.79. The highest BCUT2D eigenvalue weighted by Gasteiger charge is 2.28. The average molecular weight is 1790 g/mol. The molecular formula is C126H80N14. The third kappa shape index (κ3) is 14.2. The van der Waals surface area contributed by atoms with Crippen LogP contribution >= 0.6 is 0 Å². The third-order valence-electron chi connectivity index (χ3n) is 27.1. The fraction of sp³-hybridized carbons (Fsp3) is 0. The van der Waals surface area contributed by atoms with Crippen molar-refractivity contribution in [3.63, 3.8) is 0 Å². The van der Waals surface area contributed by atoms with Gasteiger partial charge in [0.2, 0.25) is 0 Å². The molecule has 0 unspecified atom stereocenters. The highest BCUT2D eigenvalue weighted by molar-refractivity contribution is 6.30. The van der Waals surface area contributed by atoms with Gasteiger partial charge >= 0.3 is 0 Å². The summed E-state index contributed by atoms with van der Waals surface area (Å²) in [5.74, 6) is 6.49. The zero-order chi connectivity index (χ0) is 92.5. The monoisotopic (exact) mass is 1790 g/mol. The summed E-state index contributed by atoms with van der Waals surface area (Å²) in [6.45, 7) is 0. The number of para-hydroxylation sites is 1. The fourth-order valence-corrected chi connectivity index (χ4v) is 20.6. The Morgan fingerprint density at radius 1 is 0.136 bits per heavy atom. The Labute approximate surface area is 804 Å². The molecule has 0 aliphatic carbocycles. The van der Waals surface area contributed by atoms with E-state index in [1.807, 2.05) is 170 Å². The molecule has 28 rings (SSSR count). The van der Waals surface area contributed by atoms with E-state index in [4.69, 9.17) is 20.4 Å². The van der Waals surface area contributed by atoms with Crippen molar-refractivity contribution in [1.82, 2.24) is 69.0 Å². The van der Waals surface area contributed by atoms with E-state index >= 15 is 0 Å². The number of hydrogen-bond donors (Lipinski definition) is 0. The van der Waals surface area contributed by atoms with Crippen molar-refractivity contribution in [2.45, 2.75) is 0 Å². The maximum atomic E-state index is 4.79. The van der Waals surface area contributed by atoms with Gasteiger partial charge in [-0.1, -0.05) is 400 Å². The van der Waals surface area contributed by atoms with E-state index in [1.54, 1.807) is 0 Å². The Bertz CT molecular complexity index is 9010. The first kappa shape index (κ1) is 81.6. The standard InChI is InChI=1S/C56H36N6.2C35H22N4/c1-5-13-41(14-6-1)53-57-58-54(42-15-7-2-8-16-42)61(53)45-29-21-37(22-30-45)47-33-25-39-28-36-50-48(34-26-40-27-35-49(47)51(39)52(40)50)38-23-31-46(32-24-38)62-55(43-17-9-3-10-18-43)59-60-56(62)44-19-11-4-12-20-44;1-3-9-25(10-4-1)34-37-38-35(39(34)26-11-5-2-6-12-26)30-21-17-24-15-19-28-27(31-13-7-8-22-36-31)18-14-23-16-20-29(30)33(24)32(23)28;1-3-9-25(10-4-1)34-37-38-35(26-11-5-2-6-12-26)39(34)31-21-17-24-15-19-28-27(30-13-7-8-22-36-30)18-14-23-16-20-29(31)33(24)32(23)28/h1-36H;2*1-22H. The van der Waals surface area contributed by atoms with Crippen LogP contribution in [-0.4, -0.2) is 69.0 Å². The first-order chi connectivity index (χ1) is 69.5. The summed E-state index contributed by atoms with van der Waals surface area (Å²) in [6.07, 6.45) is 3.71. The molecule has 0 atom stereocenters. The van der Waals surface area contributed by atoms with Crippen LogP contribution in [0.2, 0.25) is 0 Å². The highest BCUT2D eigenvalue weighted by atomic mass is 15.3. The second-order valence-corrected chi connectivity index (χ2v) is 35.1. The minimum Gasteiger partial charge on any atom is -0.275 e. The molecule has 6 aromatic heterocycles. The Balaban J connectivity index is 0.000000113. The molecule has 140 heavy (non-hydrogen) atoms. The zero-order valence-electron chi connectivity index (χ0n) is 75.4. The molecule has 0 aliphatic rings. The van der Waals surface area contributed by atoms with Crippen LogP contribution in [-0.2, 0) is 0 Å². The molecule has 0 radical (unpaired) electrons. The summed E-state index contributed by atoms with van der Waals surface area (Å²) >= 11 is 0. The molecule has 0 fully saturated rings. The molecule has 14 nitrogen and oxygen atoms in total. The van der Waals surface area contributed by atoms with Crippen LogP contribution in [0.15, 0.2) is 486 Å². The topological polar surface area (TPSA) is 149 Å². The summed E-state index contributed by atoms with van der Waals surface area (Å²) in [4.78, 5) is 9.31. The molecule has 0 aliphatic heterocycles. The van der Waals surface area contributed by atoms with E-state index in [0.717, 1.165) is 158 Å². The van der Waals surface area contributed by atoms with Crippen LogP contribution in [0.3, 0.4) is 0 Å². The van der Waals surface area contributed by atoms with Crippen molar-refractivity contribution in [3.8, 4) is 159 Å². The van der Waals surface area contributed by atoms with E-state index in [1.165, 1.54) is 97.3 Å². The lowest BCUT2D eigenvalue weighted by atomic mass is 9.87. The van der Waals surface area contributed by atoms with Crippen molar-refractivity contribution in [2.24, 2.45) is 0 Å². The number of benzene rings is 22. The van der Waals surface area contributed by atoms with E-state index in [2.05, 4.69) is 364 Å². The smallest absolute Gasteiger partial charge is 0.169 e. The first-order valence-electron chi connectivity index (χ1n) is 46.9. The maximum Gasteiger partial charge on any atom is 0.169 e. The Hall–Kier alpha value is -19.2. The average Bonchev–Trinajstić information content (AvgIpc) is 0.992. The van der Waals surface area contributed by atoms with E-state index < -0.39 is 0 Å². The second kappa shape index (κ2) is 34.7. The van der Waals surface area contributed by atoms with Crippen LogP contribution in [0.1, 0.15) is 0 Å². The third-order valence-corrected chi connectivity index (χ3v) is 27.1. The fourth-order valence-electron chi connectivity index (χ4n) is 20.6. The molecule has 6 heterocycles. The van der Waals surface area contributed by atoms with Crippen LogP contribution in [0.5, 0.6) is 0 Å². The van der Waals surface area contributed by atoms with Crippen LogP contribution in [0.4, 0.5) is 0 Å². The van der Waals surface area contributed by atoms with Crippen LogP contribution < -0.4 is 0 Å². The molecule has 0 N–H and O–H groups in total. The van der Waals surface area contributed by atoms with Crippen molar-refractivity contribution in [3.05, 3.63) is 486 Å². The van der Waals surface area contributed by atoms with Gasteiger partial charge in [0, 0.05) is 90.5 Å². The summed E-state index contributed by atoms with van der Waals surface area (Å²) < 4.78 is 8.68. The van der Waals surface area contributed by atoms with Gasteiger partial charge in [0.05, 0.1) is 17.1 Å². The minimum atomic E-state index is 0.804. The Kier molecular flexibility index (Phi) is 20.2. The molecule has 22 aromatic carbocycles. The first-order valence-corrected chi connectivity index (χ1v) is 46.9. The van der Waals surface area contributed by atoms with E-state index in [9.17, 15) is 0 Å². The van der Waals surface area contributed by atoms with Gasteiger partial charge < -0.3 is 0 Å². The predicted molar refractivity (Wildman–Crippen MR) is 571 cm³/mol. The zero-order valence-corrected chi connectivity index (χ0v) is 75.4. The molecule has 0 spiro atoms. The minimum absolute atomic E-state index is 0.804. The Morgan fingerprint density at radius 2 is 0.357 bits per heavy atom. The van der Waals surface area contributed by atoms with Gasteiger partial charge in [-0.15, -0.1) is 40.8 Å². The largest absolute Gasteiger partial charge is 0.275 e. The van der Waals surface area contributed by atoms with Crippen molar-refractivity contribution in [2.75, 3.05) is 0 Å². The van der Waals surface area contributed by atoms with E-state index in [0.29, 0.717) is 0 Å². The molecule has 28 aromatic rings.